The van der Waals surface area contributed by atoms with Gasteiger partial charge in [-0.05, 0) is 31.0 Å². The standard InChI is InChI=1S/C13H16BrClN2/c1-8(2)7-17-12-5-4-10(14)6-11(12)16-13(17)9(3)15/h4-6,8-9H,7H2,1-3H3. The molecule has 0 N–H and O–H groups in total. The molecule has 4 heteroatoms. The van der Waals surface area contributed by atoms with E-state index in [1.165, 1.54) is 0 Å². The molecule has 0 spiro atoms. The van der Waals surface area contributed by atoms with Gasteiger partial charge in [-0.3, -0.25) is 0 Å². The largest absolute Gasteiger partial charge is 0.326 e. The highest BCUT2D eigenvalue weighted by atomic mass is 79.9. The van der Waals surface area contributed by atoms with E-state index in [-0.39, 0.29) is 5.38 Å². The van der Waals surface area contributed by atoms with Crippen LogP contribution in [0.4, 0.5) is 0 Å². The van der Waals surface area contributed by atoms with Crippen molar-refractivity contribution in [1.29, 1.82) is 0 Å². The number of aromatic nitrogens is 2. The lowest BCUT2D eigenvalue weighted by Gasteiger charge is -2.12. The maximum absolute atomic E-state index is 6.21. The summed E-state index contributed by atoms with van der Waals surface area (Å²) in [5.41, 5.74) is 2.16. The van der Waals surface area contributed by atoms with Crippen LogP contribution in [0, 0.1) is 5.92 Å². The van der Waals surface area contributed by atoms with Crippen LogP contribution in [0.25, 0.3) is 11.0 Å². The molecule has 2 rings (SSSR count). The van der Waals surface area contributed by atoms with Crippen LogP contribution in [0.5, 0.6) is 0 Å². The van der Waals surface area contributed by atoms with Crippen LogP contribution in [-0.2, 0) is 6.54 Å². The Hall–Kier alpha value is -0.540. The van der Waals surface area contributed by atoms with Crippen molar-refractivity contribution in [2.45, 2.75) is 32.7 Å². The average Bonchev–Trinajstić information content (AvgIpc) is 2.55. The summed E-state index contributed by atoms with van der Waals surface area (Å²) in [6.07, 6.45) is 0. The lowest BCUT2D eigenvalue weighted by Crippen LogP contribution is -2.08. The predicted molar refractivity (Wildman–Crippen MR) is 76.5 cm³/mol. The Morgan fingerprint density at radius 2 is 2.06 bits per heavy atom. The van der Waals surface area contributed by atoms with Crippen molar-refractivity contribution in [3.05, 3.63) is 28.5 Å². The van der Waals surface area contributed by atoms with Crippen LogP contribution in [0.15, 0.2) is 22.7 Å². The van der Waals surface area contributed by atoms with Gasteiger partial charge in [0.1, 0.15) is 5.82 Å². The highest BCUT2D eigenvalue weighted by Gasteiger charge is 2.15. The first-order valence-corrected chi connectivity index (χ1v) is 7.01. The van der Waals surface area contributed by atoms with Crippen LogP contribution in [0.1, 0.15) is 32.0 Å². The normalized spacial score (nSPS) is 13.5. The first-order valence-electron chi connectivity index (χ1n) is 5.78. The molecule has 0 saturated heterocycles. The number of alkyl halides is 1. The number of imidazole rings is 1. The summed E-state index contributed by atoms with van der Waals surface area (Å²) in [6.45, 7) is 7.32. The molecule has 2 aromatic rings. The Morgan fingerprint density at radius 1 is 1.35 bits per heavy atom. The Bertz CT molecular complexity index is 531. The van der Waals surface area contributed by atoms with Gasteiger partial charge >= 0.3 is 0 Å². The summed E-state index contributed by atoms with van der Waals surface area (Å²) in [5, 5.41) is -0.0695. The molecule has 0 saturated carbocycles. The van der Waals surface area contributed by atoms with Gasteiger partial charge in [-0.1, -0.05) is 29.8 Å². The predicted octanol–water partition coefficient (Wildman–Crippen LogP) is 4.75. The summed E-state index contributed by atoms with van der Waals surface area (Å²) < 4.78 is 3.28. The summed E-state index contributed by atoms with van der Waals surface area (Å²) >= 11 is 9.68. The highest BCUT2D eigenvalue weighted by molar-refractivity contribution is 9.10. The third kappa shape index (κ3) is 2.66. The van der Waals surface area contributed by atoms with E-state index in [0.29, 0.717) is 5.92 Å². The SMILES string of the molecule is CC(C)Cn1c(C(C)Cl)nc2cc(Br)ccc21. The summed E-state index contributed by atoms with van der Waals surface area (Å²) in [7, 11) is 0. The van der Waals surface area contributed by atoms with E-state index in [9.17, 15) is 0 Å². The van der Waals surface area contributed by atoms with Crippen molar-refractivity contribution in [3.63, 3.8) is 0 Å². The molecule has 2 nitrogen and oxygen atoms in total. The van der Waals surface area contributed by atoms with Crippen LogP contribution in [0.2, 0.25) is 0 Å². The molecule has 0 bridgehead atoms. The van der Waals surface area contributed by atoms with Gasteiger partial charge in [-0.2, -0.15) is 0 Å². The molecule has 0 aliphatic rings. The van der Waals surface area contributed by atoms with E-state index in [1.54, 1.807) is 0 Å². The van der Waals surface area contributed by atoms with Gasteiger partial charge in [0.2, 0.25) is 0 Å². The Labute approximate surface area is 115 Å². The third-order valence-corrected chi connectivity index (χ3v) is 3.33. The molecule has 0 amide bonds. The molecule has 1 atom stereocenters. The monoisotopic (exact) mass is 314 g/mol. The van der Waals surface area contributed by atoms with Gasteiger partial charge in [0.25, 0.3) is 0 Å². The van der Waals surface area contributed by atoms with E-state index < -0.39 is 0 Å². The van der Waals surface area contributed by atoms with Crippen molar-refractivity contribution in [1.82, 2.24) is 9.55 Å². The summed E-state index contributed by atoms with van der Waals surface area (Å²) in [6, 6.07) is 6.18. The second kappa shape index (κ2) is 4.99. The molecule has 0 radical (unpaired) electrons. The fourth-order valence-electron chi connectivity index (χ4n) is 1.98. The molecule has 1 aromatic heterocycles. The molecule has 1 heterocycles. The Morgan fingerprint density at radius 3 is 2.65 bits per heavy atom. The lowest BCUT2D eigenvalue weighted by atomic mass is 10.2. The maximum Gasteiger partial charge on any atom is 0.127 e. The number of hydrogen-bond acceptors (Lipinski definition) is 1. The van der Waals surface area contributed by atoms with E-state index in [1.807, 2.05) is 19.1 Å². The number of rotatable bonds is 3. The molecule has 0 fully saturated rings. The number of nitrogens with zero attached hydrogens (tertiary/aromatic N) is 2. The topological polar surface area (TPSA) is 17.8 Å². The molecule has 17 heavy (non-hydrogen) atoms. The summed E-state index contributed by atoms with van der Waals surface area (Å²) in [5.74, 6) is 1.53. The van der Waals surface area contributed by atoms with Crippen molar-refractivity contribution in [3.8, 4) is 0 Å². The van der Waals surface area contributed by atoms with Crippen LogP contribution in [0.3, 0.4) is 0 Å². The van der Waals surface area contributed by atoms with Gasteiger partial charge < -0.3 is 4.57 Å². The quantitative estimate of drug-likeness (QED) is 0.747. The lowest BCUT2D eigenvalue weighted by molar-refractivity contribution is 0.517. The smallest absolute Gasteiger partial charge is 0.127 e. The summed E-state index contributed by atoms with van der Waals surface area (Å²) in [4.78, 5) is 4.63. The minimum Gasteiger partial charge on any atom is -0.326 e. The van der Waals surface area contributed by atoms with Crippen molar-refractivity contribution < 1.29 is 0 Å². The Balaban J connectivity index is 2.62. The average molecular weight is 316 g/mol. The van der Waals surface area contributed by atoms with Crippen LogP contribution >= 0.6 is 27.5 Å². The van der Waals surface area contributed by atoms with Crippen molar-refractivity contribution >= 4 is 38.6 Å². The zero-order valence-corrected chi connectivity index (χ0v) is 12.6. The van der Waals surface area contributed by atoms with Gasteiger partial charge in [0, 0.05) is 11.0 Å². The minimum atomic E-state index is -0.0695. The van der Waals surface area contributed by atoms with Gasteiger partial charge in [-0.15, -0.1) is 11.6 Å². The van der Waals surface area contributed by atoms with Crippen LogP contribution < -0.4 is 0 Å². The van der Waals surface area contributed by atoms with E-state index in [2.05, 4.69) is 45.4 Å². The minimum absolute atomic E-state index is 0.0695. The molecule has 0 aliphatic carbocycles. The first kappa shape index (κ1) is 12.9. The van der Waals surface area contributed by atoms with Crippen LogP contribution in [-0.4, -0.2) is 9.55 Å². The zero-order chi connectivity index (χ0) is 12.6. The molecular weight excluding hydrogens is 300 g/mol. The third-order valence-electron chi connectivity index (χ3n) is 2.64. The van der Waals surface area contributed by atoms with E-state index in [4.69, 9.17) is 11.6 Å². The maximum atomic E-state index is 6.21. The molecule has 0 aliphatic heterocycles. The highest BCUT2D eigenvalue weighted by Crippen LogP contribution is 2.27. The van der Waals surface area contributed by atoms with E-state index >= 15 is 0 Å². The molecule has 1 aromatic carbocycles. The van der Waals surface area contributed by atoms with Gasteiger partial charge in [-0.25, -0.2) is 4.98 Å². The van der Waals surface area contributed by atoms with Crippen molar-refractivity contribution in [2.24, 2.45) is 5.92 Å². The number of fused-ring (bicyclic) bond motifs is 1. The second-order valence-electron chi connectivity index (χ2n) is 4.72. The van der Waals surface area contributed by atoms with E-state index in [0.717, 1.165) is 27.9 Å². The molecule has 92 valence electrons. The first-order chi connectivity index (χ1) is 7.99. The van der Waals surface area contributed by atoms with Gasteiger partial charge in [0.15, 0.2) is 0 Å². The van der Waals surface area contributed by atoms with Gasteiger partial charge in [0.05, 0.1) is 16.4 Å². The molecular formula is C13H16BrClN2. The molecule has 1 unspecified atom stereocenters. The number of halogens is 2. The number of benzene rings is 1. The van der Waals surface area contributed by atoms with Crippen molar-refractivity contribution in [2.75, 3.05) is 0 Å². The fraction of sp³-hybridized carbons (Fsp3) is 0.462. The number of hydrogen-bond donors (Lipinski definition) is 0. The Kier molecular flexibility index (Phi) is 3.79. The zero-order valence-electron chi connectivity index (χ0n) is 10.2. The second-order valence-corrected chi connectivity index (χ2v) is 6.29. The fourth-order valence-corrected chi connectivity index (χ4v) is 2.50.